The molecule has 65 heavy (non-hydrogen) atoms. The molecule has 0 atom stereocenters. The molecule has 12 rings (SSSR count). The van der Waals surface area contributed by atoms with Gasteiger partial charge in [0.1, 0.15) is 24.0 Å². The Hall–Kier alpha value is -7.51. The summed E-state index contributed by atoms with van der Waals surface area (Å²) in [7, 11) is 4.42. The van der Waals surface area contributed by atoms with Gasteiger partial charge in [0.2, 0.25) is 0 Å². The van der Waals surface area contributed by atoms with Gasteiger partial charge in [-0.1, -0.05) is 114 Å². The minimum atomic E-state index is -0.0841. The van der Waals surface area contributed by atoms with Crippen LogP contribution in [0, 0.1) is 0 Å². The Kier molecular flexibility index (Phi) is 8.42. The Morgan fingerprint density at radius 3 is 1.75 bits per heavy atom. The van der Waals surface area contributed by atoms with Crippen LogP contribution in [0.2, 0.25) is 0 Å². The summed E-state index contributed by atoms with van der Waals surface area (Å²) in [4.78, 5) is 9.95. The number of para-hydroxylation sites is 5. The molecule has 5 heterocycles. The normalized spacial score (nSPS) is 13.4. The molecule has 1 aliphatic rings. The molecule has 7 nitrogen and oxygen atoms in total. The van der Waals surface area contributed by atoms with Crippen LogP contribution in [-0.2, 0) is 24.9 Å². The van der Waals surface area contributed by atoms with Gasteiger partial charge < -0.3 is 23.7 Å². The molecule has 0 radical (unpaired) electrons. The van der Waals surface area contributed by atoms with Crippen LogP contribution in [0.5, 0.6) is 11.5 Å². The maximum Gasteiger partial charge on any atom is 0.137 e. The van der Waals surface area contributed by atoms with Crippen LogP contribution in [0.15, 0.2) is 158 Å². The van der Waals surface area contributed by atoms with Gasteiger partial charge in [0.15, 0.2) is 0 Å². The van der Waals surface area contributed by atoms with Crippen molar-refractivity contribution >= 4 is 88.2 Å². The Morgan fingerprint density at radius 1 is 0.477 bits per heavy atom. The number of ether oxygens (including phenoxy) is 1. The topological polar surface area (TPSA) is 43.4 Å². The molecule has 0 bridgehead atoms. The fourth-order valence-electron chi connectivity index (χ4n) is 10.7. The first kappa shape index (κ1) is 39.1. The molecular formula is C58H52N6O. The molecule has 320 valence electrons. The first-order valence-corrected chi connectivity index (χ1v) is 22.7. The van der Waals surface area contributed by atoms with E-state index in [0.717, 1.165) is 34.2 Å². The SMILES string of the molecule is Cn1c2ccccc2c2cc3c4ccccc4n(C)c3c(N3CN(c4cccc(Oc5ccc6c7cccc(C(C)(C)C)c7n(-c7cc(C(C)(C)C)ccn7)c6c5)c4)c4ccccc43)c21. The second-order valence-electron chi connectivity index (χ2n) is 19.9. The first-order chi connectivity index (χ1) is 31.3. The molecule has 1 aliphatic heterocycles. The van der Waals surface area contributed by atoms with Crippen LogP contribution < -0.4 is 14.5 Å². The quantitative estimate of drug-likeness (QED) is 0.173. The van der Waals surface area contributed by atoms with Crippen LogP contribution in [-0.4, -0.2) is 25.4 Å². The minimum absolute atomic E-state index is 0.0267. The van der Waals surface area contributed by atoms with Crippen molar-refractivity contribution in [3.63, 3.8) is 0 Å². The lowest BCUT2D eigenvalue weighted by Crippen LogP contribution is -2.25. The van der Waals surface area contributed by atoms with E-state index in [-0.39, 0.29) is 10.8 Å². The Bertz CT molecular complexity index is 3640. The fourth-order valence-corrected chi connectivity index (χ4v) is 10.7. The number of pyridine rings is 1. The van der Waals surface area contributed by atoms with Crippen LogP contribution in [0.1, 0.15) is 52.7 Å². The zero-order valence-electron chi connectivity index (χ0n) is 38.3. The summed E-state index contributed by atoms with van der Waals surface area (Å²) in [5, 5.41) is 7.43. The van der Waals surface area contributed by atoms with E-state index in [1.54, 1.807) is 0 Å². The molecule has 7 aromatic carbocycles. The van der Waals surface area contributed by atoms with Crippen molar-refractivity contribution in [2.75, 3.05) is 16.5 Å². The predicted molar refractivity (Wildman–Crippen MR) is 272 cm³/mol. The van der Waals surface area contributed by atoms with Crippen molar-refractivity contribution < 1.29 is 4.74 Å². The van der Waals surface area contributed by atoms with Gasteiger partial charge in [0.25, 0.3) is 0 Å². The van der Waals surface area contributed by atoms with Crippen molar-refractivity contribution in [3.8, 4) is 17.3 Å². The summed E-state index contributed by atoms with van der Waals surface area (Å²) < 4.78 is 14.0. The van der Waals surface area contributed by atoms with Gasteiger partial charge in [-0.05, 0) is 88.7 Å². The zero-order chi connectivity index (χ0) is 44.5. The van der Waals surface area contributed by atoms with E-state index in [2.05, 4.69) is 231 Å². The summed E-state index contributed by atoms with van der Waals surface area (Å²) in [5.41, 5.74) is 14.1. The number of hydrogen-bond donors (Lipinski definition) is 0. The van der Waals surface area contributed by atoms with Crippen molar-refractivity contribution in [2.45, 2.75) is 52.4 Å². The zero-order valence-corrected chi connectivity index (χ0v) is 38.3. The van der Waals surface area contributed by atoms with Gasteiger partial charge >= 0.3 is 0 Å². The maximum atomic E-state index is 6.88. The molecule has 4 aromatic heterocycles. The highest BCUT2D eigenvalue weighted by atomic mass is 16.5. The van der Waals surface area contributed by atoms with Crippen molar-refractivity contribution in [1.82, 2.24) is 18.7 Å². The molecular weight excluding hydrogens is 797 g/mol. The summed E-state index contributed by atoms with van der Waals surface area (Å²) in [6, 6.07) is 54.9. The highest BCUT2D eigenvalue weighted by Crippen LogP contribution is 2.51. The molecule has 7 heteroatoms. The monoisotopic (exact) mass is 848 g/mol. The third-order valence-corrected chi connectivity index (χ3v) is 13.8. The van der Waals surface area contributed by atoms with Crippen molar-refractivity contribution in [2.24, 2.45) is 14.1 Å². The highest BCUT2D eigenvalue weighted by Gasteiger charge is 2.33. The molecule has 0 N–H and O–H groups in total. The van der Waals surface area contributed by atoms with Gasteiger partial charge in [0.05, 0.1) is 39.1 Å². The van der Waals surface area contributed by atoms with Gasteiger partial charge in [-0.3, -0.25) is 4.57 Å². The van der Waals surface area contributed by atoms with Gasteiger partial charge in [-0.2, -0.15) is 0 Å². The number of anilines is 4. The third-order valence-electron chi connectivity index (χ3n) is 13.8. The lowest BCUT2D eigenvalue weighted by atomic mass is 9.85. The second-order valence-corrected chi connectivity index (χ2v) is 19.9. The molecule has 0 spiro atoms. The highest BCUT2D eigenvalue weighted by molar-refractivity contribution is 6.25. The van der Waals surface area contributed by atoms with E-state index in [4.69, 9.17) is 9.72 Å². The van der Waals surface area contributed by atoms with E-state index in [1.165, 1.54) is 82.4 Å². The predicted octanol–water partition coefficient (Wildman–Crippen LogP) is 15.1. The average molecular weight is 849 g/mol. The number of hydrogen-bond acceptors (Lipinski definition) is 4. The first-order valence-electron chi connectivity index (χ1n) is 22.7. The average Bonchev–Trinajstić information content (AvgIpc) is 4.02. The van der Waals surface area contributed by atoms with Crippen LogP contribution in [0.3, 0.4) is 0 Å². The van der Waals surface area contributed by atoms with Gasteiger partial charge in [0, 0.05) is 81.5 Å². The third kappa shape index (κ3) is 5.91. The van der Waals surface area contributed by atoms with E-state index >= 15 is 0 Å². The molecule has 0 unspecified atom stereocenters. The lowest BCUT2D eigenvalue weighted by molar-refractivity contribution is 0.483. The van der Waals surface area contributed by atoms with Crippen LogP contribution >= 0.6 is 0 Å². The number of nitrogens with zero attached hydrogens (tertiary/aromatic N) is 6. The maximum absolute atomic E-state index is 6.88. The Labute approximate surface area is 379 Å². The summed E-state index contributed by atoms with van der Waals surface area (Å²) in [6.07, 6.45) is 1.95. The van der Waals surface area contributed by atoms with E-state index in [9.17, 15) is 0 Å². The number of fused-ring (bicyclic) bond motifs is 10. The van der Waals surface area contributed by atoms with Crippen molar-refractivity contribution in [3.05, 3.63) is 169 Å². The number of aromatic nitrogens is 4. The lowest BCUT2D eigenvalue weighted by Gasteiger charge is -2.25. The van der Waals surface area contributed by atoms with Crippen LogP contribution in [0.4, 0.5) is 22.7 Å². The standard InChI is InChI=1S/C58H52N6O/c1-57(2,3)36-29-30-59-52(31-36)64-51-33-39(27-28-42(51)43-21-16-22-46(53(43)64)58(4,5)6)65-38-18-15-17-37(32-38)62-35-63(50-26-14-13-25-49(50)62)56-54-44(40-19-9-11-23-47(40)60(54)7)34-45-41-20-10-12-24-48(41)61(8)55(45)56/h9-34H,35H2,1-8H3. The number of aryl methyl sites for hydroxylation is 2. The number of rotatable bonds is 5. The van der Waals surface area contributed by atoms with Gasteiger partial charge in [-0.25, -0.2) is 4.98 Å². The summed E-state index contributed by atoms with van der Waals surface area (Å²) in [6.45, 7) is 14.3. The molecule has 0 amide bonds. The number of benzene rings is 7. The van der Waals surface area contributed by atoms with Crippen molar-refractivity contribution in [1.29, 1.82) is 0 Å². The van der Waals surface area contributed by atoms with E-state index in [1.807, 2.05) is 6.20 Å². The van der Waals surface area contributed by atoms with Gasteiger partial charge in [-0.15, -0.1) is 0 Å². The molecule has 0 fully saturated rings. The van der Waals surface area contributed by atoms with Crippen LogP contribution in [0.25, 0.3) is 71.2 Å². The molecule has 0 saturated carbocycles. The second kappa shape index (κ2) is 14.0. The largest absolute Gasteiger partial charge is 0.457 e. The minimum Gasteiger partial charge on any atom is -0.457 e. The molecule has 0 aliphatic carbocycles. The molecule has 0 saturated heterocycles. The van der Waals surface area contributed by atoms with E-state index in [0.29, 0.717) is 6.67 Å². The fraction of sp³-hybridized carbons (Fsp3) is 0.190. The smallest absolute Gasteiger partial charge is 0.137 e. The molecule has 11 aromatic rings. The Morgan fingerprint density at radius 2 is 1.08 bits per heavy atom. The Balaban J connectivity index is 0.979. The van der Waals surface area contributed by atoms with E-state index < -0.39 is 0 Å². The summed E-state index contributed by atoms with van der Waals surface area (Å²) >= 11 is 0. The summed E-state index contributed by atoms with van der Waals surface area (Å²) in [5.74, 6) is 2.45.